The van der Waals surface area contributed by atoms with Crippen LogP contribution in [0.4, 0.5) is 0 Å². The van der Waals surface area contributed by atoms with Crippen molar-refractivity contribution in [2.24, 2.45) is 0 Å². The van der Waals surface area contributed by atoms with Crippen molar-refractivity contribution in [2.45, 2.75) is 60.8 Å². The Balaban J connectivity index is 2.16. The zero-order valence-electron chi connectivity index (χ0n) is 11.3. The van der Waals surface area contributed by atoms with E-state index in [0.717, 1.165) is 19.3 Å². The first-order valence-electron chi connectivity index (χ1n) is 6.87. The number of halogens is 3. The average molecular weight is 427 g/mol. The van der Waals surface area contributed by atoms with Crippen LogP contribution < -0.4 is 0 Å². The Morgan fingerprint density at radius 3 is 2.85 bits per heavy atom. The van der Waals surface area contributed by atoms with E-state index in [0.29, 0.717) is 0 Å². The Morgan fingerprint density at radius 2 is 2.10 bits per heavy atom. The van der Waals surface area contributed by atoms with E-state index in [1.807, 2.05) is 6.08 Å². The van der Waals surface area contributed by atoms with Gasteiger partial charge in [0.1, 0.15) is 0 Å². The van der Waals surface area contributed by atoms with Crippen molar-refractivity contribution in [1.29, 1.82) is 0 Å². The van der Waals surface area contributed by atoms with Crippen LogP contribution in [0.3, 0.4) is 0 Å². The van der Waals surface area contributed by atoms with Gasteiger partial charge in [0.2, 0.25) is 0 Å². The van der Waals surface area contributed by atoms with Crippen molar-refractivity contribution >= 4 is 43.5 Å². The van der Waals surface area contributed by atoms with Gasteiger partial charge in [0, 0.05) is 11.4 Å². The summed E-state index contributed by atoms with van der Waals surface area (Å²) in [6.45, 7) is 2.08. The first-order chi connectivity index (χ1) is 9.60. The van der Waals surface area contributed by atoms with Gasteiger partial charge in [-0.2, -0.15) is 0 Å². The molecule has 1 saturated heterocycles. The van der Waals surface area contributed by atoms with Gasteiger partial charge in [0.15, 0.2) is 0 Å². The van der Waals surface area contributed by atoms with Crippen LogP contribution in [0.5, 0.6) is 0 Å². The number of alkyl halides is 2. The number of fused-ring (bicyclic) bond motifs is 2. The quantitative estimate of drug-likeness (QED) is 0.344. The van der Waals surface area contributed by atoms with Crippen molar-refractivity contribution in [1.82, 2.24) is 0 Å². The minimum Gasteiger partial charge on any atom is -0.372 e. The van der Waals surface area contributed by atoms with E-state index in [1.54, 1.807) is 4.99 Å². The molecule has 2 aliphatic rings. The minimum atomic E-state index is -0.0240. The van der Waals surface area contributed by atoms with Crippen molar-refractivity contribution < 1.29 is 9.47 Å². The largest absolute Gasteiger partial charge is 0.372 e. The summed E-state index contributed by atoms with van der Waals surface area (Å²) in [6, 6.07) is 0. The van der Waals surface area contributed by atoms with E-state index < -0.39 is 0 Å². The maximum absolute atomic E-state index is 6.43. The molecule has 0 spiro atoms. The van der Waals surface area contributed by atoms with Crippen molar-refractivity contribution in [3.8, 4) is 0 Å². The lowest BCUT2D eigenvalue weighted by atomic mass is 10.1. The monoisotopic (exact) mass is 424 g/mol. The van der Waals surface area contributed by atoms with Gasteiger partial charge in [-0.15, -0.1) is 17.3 Å². The molecule has 20 heavy (non-hydrogen) atoms. The highest BCUT2D eigenvalue weighted by Crippen LogP contribution is 2.34. The highest BCUT2D eigenvalue weighted by Gasteiger charge is 2.38. The molecule has 2 bridgehead atoms. The lowest BCUT2D eigenvalue weighted by molar-refractivity contribution is -0.0195. The first kappa shape index (κ1) is 16.8. The van der Waals surface area contributed by atoms with Crippen LogP contribution in [0.15, 0.2) is 28.9 Å². The van der Waals surface area contributed by atoms with Gasteiger partial charge in [-0.05, 0) is 25.8 Å². The zero-order valence-corrected chi connectivity index (χ0v) is 15.3. The van der Waals surface area contributed by atoms with Crippen molar-refractivity contribution in [3.05, 3.63) is 28.9 Å². The van der Waals surface area contributed by atoms with Crippen LogP contribution in [0.2, 0.25) is 0 Å². The third kappa shape index (κ3) is 4.72. The number of hydrogen-bond donors (Lipinski definition) is 0. The lowest BCUT2D eigenvalue weighted by Gasteiger charge is -2.22. The summed E-state index contributed by atoms with van der Waals surface area (Å²) in [5, 5.41) is 0.0376. The molecule has 0 aromatic heterocycles. The molecule has 2 aliphatic heterocycles. The highest BCUT2D eigenvalue weighted by atomic mass is 79.9. The Bertz CT molecular complexity index is 407. The second-order valence-electron chi connectivity index (χ2n) is 5.24. The van der Waals surface area contributed by atoms with Gasteiger partial charge in [-0.3, -0.25) is 0 Å². The van der Waals surface area contributed by atoms with E-state index in [9.17, 15) is 0 Å². The molecule has 0 saturated carbocycles. The summed E-state index contributed by atoms with van der Waals surface area (Å²) in [5.41, 5.74) is 3.04. The minimum absolute atomic E-state index is 0.0240. The van der Waals surface area contributed by atoms with Crippen LogP contribution in [-0.4, -0.2) is 34.6 Å². The fourth-order valence-electron chi connectivity index (χ4n) is 2.56. The van der Waals surface area contributed by atoms with E-state index in [-0.39, 0.29) is 34.6 Å². The molecule has 0 aliphatic carbocycles. The Kier molecular flexibility index (Phi) is 6.86. The van der Waals surface area contributed by atoms with Gasteiger partial charge >= 0.3 is 0 Å². The van der Waals surface area contributed by atoms with E-state index in [4.69, 9.17) is 21.1 Å². The Labute approximate surface area is 142 Å². The second-order valence-corrected chi connectivity index (χ2v) is 7.31. The standard InChI is InChI=1S/C15H19Br2ClO2/c1-10-4-2-6-12(17)14-9-13(18)15(20-14)8-11(19-10)5-3-7-16/h2,5-7,10-15H,4,8-9H2,1H3/b6-2-/t3?,10-,11-,12-,13+,14-,15+/m0/s1. The fourth-order valence-corrected chi connectivity index (χ4v) is 3.61. The first-order valence-corrected chi connectivity index (χ1v) is 9.14. The molecule has 0 aromatic carbocycles. The summed E-state index contributed by atoms with van der Waals surface area (Å²) < 4.78 is 12.1. The van der Waals surface area contributed by atoms with Crippen LogP contribution >= 0.6 is 43.5 Å². The average Bonchev–Trinajstić information content (AvgIpc) is 2.75. The lowest BCUT2D eigenvalue weighted by Crippen LogP contribution is -2.27. The van der Waals surface area contributed by atoms with Gasteiger partial charge in [-0.1, -0.05) is 44.0 Å². The van der Waals surface area contributed by atoms with Crippen LogP contribution in [0.25, 0.3) is 0 Å². The van der Waals surface area contributed by atoms with Crippen LogP contribution in [-0.2, 0) is 9.47 Å². The van der Waals surface area contributed by atoms with E-state index >= 15 is 0 Å². The third-order valence-corrected chi connectivity index (χ3v) is 5.19. The SMILES string of the molecule is C[C@H]1C/C=C\[C@H](Br)[C@@H]2C[C@@H](Cl)[C@@H](C[C@H](C=C=CBr)O1)O2. The van der Waals surface area contributed by atoms with Crippen molar-refractivity contribution in [2.75, 3.05) is 0 Å². The molecule has 1 fully saturated rings. The molecule has 2 rings (SSSR count). The van der Waals surface area contributed by atoms with Crippen LogP contribution in [0.1, 0.15) is 26.2 Å². The van der Waals surface area contributed by atoms with E-state index in [1.165, 1.54) is 0 Å². The molecule has 0 amide bonds. The number of ether oxygens (including phenoxy) is 2. The third-order valence-electron chi connectivity index (χ3n) is 3.57. The highest BCUT2D eigenvalue weighted by molar-refractivity contribution is 9.11. The maximum Gasteiger partial charge on any atom is 0.0858 e. The summed E-state index contributed by atoms with van der Waals surface area (Å²) in [4.78, 5) is 1.92. The maximum atomic E-state index is 6.43. The summed E-state index contributed by atoms with van der Waals surface area (Å²) in [6.07, 6.45) is 9.06. The molecule has 0 unspecified atom stereocenters. The molecule has 2 heterocycles. The molecule has 0 aromatic rings. The van der Waals surface area contributed by atoms with Gasteiger partial charge in [0.05, 0.1) is 34.6 Å². The molecular weight excluding hydrogens is 407 g/mol. The van der Waals surface area contributed by atoms with E-state index in [2.05, 4.69) is 56.7 Å². The normalized spacial score (nSPS) is 43.2. The Morgan fingerprint density at radius 1 is 1.30 bits per heavy atom. The van der Waals surface area contributed by atoms with Gasteiger partial charge in [-0.25, -0.2) is 0 Å². The molecule has 2 nitrogen and oxygen atoms in total. The summed E-state index contributed by atoms with van der Waals surface area (Å²) in [5.74, 6) is 0. The molecule has 5 heteroatoms. The Hall–Kier alpha value is 0.430. The van der Waals surface area contributed by atoms with Gasteiger partial charge < -0.3 is 9.47 Å². The zero-order chi connectivity index (χ0) is 14.5. The molecule has 0 radical (unpaired) electrons. The van der Waals surface area contributed by atoms with Gasteiger partial charge in [0.25, 0.3) is 0 Å². The molecule has 6 atom stereocenters. The molecule has 112 valence electrons. The summed E-state index contributed by atoms with van der Waals surface area (Å²) >= 11 is 13.3. The summed E-state index contributed by atoms with van der Waals surface area (Å²) in [7, 11) is 0. The number of rotatable bonds is 1. The molecule has 0 N–H and O–H groups in total. The predicted molar refractivity (Wildman–Crippen MR) is 89.9 cm³/mol. The van der Waals surface area contributed by atoms with Crippen molar-refractivity contribution in [3.63, 3.8) is 0 Å². The van der Waals surface area contributed by atoms with Crippen LogP contribution in [0, 0.1) is 0 Å². The molecular formula is C15H19Br2ClO2. The smallest absolute Gasteiger partial charge is 0.0858 e. The topological polar surface area (TPSA) is 18.5 Å². The predicted octanol–water partition coefficient (Wildman–Crippen LogP) is 4.70. The fraction of sp³-hybridized carbons (Fsp3) is 0.667. The second kappa shape index (κ2) is 8.17. The number of hydrogen-bond acceptors (Lipinski definition) is 2.